The third kappa shape index (κ3) is 4.54. The van der Waals surface area contributed by atoms with Crippen molar-refractivity contribution in [3.8, 4) is 5.75 Å². The Hall–Kier alpha value is -3.67. The van der Waals surface area contributed by atoms with Gasteiger partial charge in [0, 0.05) is 29.2 Å². The van der Waals surface area contributed by atoms with Gasteiger partial charge in [-0.3, -0.25) is 14.6 Å². The van der Waals surface area contributed by atoms with Crippen LogP contribution in [-0.4, -0.2) is 23.9 Å². The molecule has 0 unspecified atom stereocenters. The van der Waals surface area contributed by atoms with Gasteiger partial charge < -0.3 is 15.4 Å². The fourth-order valence-electron chi connectivity index (χ4n) is 2.61. The second kappa shape index (κ2) is 8.35. The number of rotatable bonds is 5. The summed E-state index contributed by atoms with van der Waals surface area (Å²) in [5.41, 5.74) is 4.01. The van der Waals surface area contributed by atoms with E-state index in [1.165, 1.54) is 12.3 Å². The molecule has 1 aromatic heterocycles. The smallest absolute Gasteiger partial charge is 0.274 e. The number of pyridine rings is 1. The summed E-state index contributed by atoms with van der Waals surface area (Å²) >= 11 is 0. The molecule has 0 fully saturated rings. The molecular weight excluding hydrogens is 354 g/mol. The zero-order valence-electron chi connectivity index (χ0n) is 15.9. The molecule has 0 spiro atoms. The number of anilines is 2. The van der Waals surface area contributed by atoms with Gasteiger partial charge in [0.15, 0.2) is 0 Å². The number of hydrogen-bond donors (Lipinski definition) is 2. The van der Waals surface area contributed by atoms with E-state index in [1.54, 1.807) is 37.4 Å². The van der Waals surface area contributed by atoms with Crippen molar-refractivity contribution in [3.63, 3.8) is 0 Å². The second-order valence-electron chi connectivity index (χ2n) is 6.37. The van der Waals surface area contributed by atoms with Gasteiger partial charge in [0.05, 0.1) is 7.11 Å². The fraction of sp³-hybridized carbons (Fsp3) is 0.136. The van der Waals surface area contributed by atoms with Gasteiger partial charge in [0.25, 0.3) is 11.8 Å². The van der Waals surface area contributed by atoms with Crippen LogP contribution in [-0.2, 0) is 0 Å². The highest BCUT2D eigenvalue weighted by Crippen LogP contribution is 2.18. The molecule has 28 heavy (non-hydrogen) atoms. The van der Waals surface area contributed by atoms with Crippen LogP contribution < -0.4 is 15.4 Å². The Kier molecular flexibility index (Phi) is 5.69. The van der Waals surface area contributed by atoms with Crippen molar-refractivity contribution >= 4 is 23.2 Å². The molecule has 0 atom stereocenters. The van der Waals surface area contributed by atoms with E-state index >= 15 is 0 Å². The zero-order chi connectivity index (χ0) is 20.1. The molecule has 0 aliphatic heterocycles. The van der Waals surface area contributed by atoms with Crippen molar-refractivity contribution in [1.29, 1.82) is 0 Å². The molecule has 3 rings (SSSR count). The highest BCUT2D eigenvalue weighted by molar-refractivity contribution is 6.07. The Bertz CT molecular complexity index is 1030. The van der Waals surface area contributed by atoms with Crippen molar-refractivity contribution < 1.29 is 14.3 Å². The van der Waals surface area contributed by atoms with Crippen LogP contribution in [0.15, 0.2) is 60.8 Å². The molecule has 1 heterocycles. The van der Waals surface area contributed by atoms with Crippen molar-refractivity contribution in [2.75, 3.05) is 17.7 Å². The van der Waals surface area contributed by atoms with E-state index in [-0.39, 0.29) is 17.5 Å². The first-order valence-corrected chi connectivity index (χ1v) is 8.76. The fourth-order valence-corrected chi connectivity index (χ4v) is 2.61. The van der Waals surface area contributed by atoms with Crippen molar-refractivity contribution in [2.24, 2.45) is 0 Å². The summed E-state index contributed by atoms with van der Waals surface area (Å²) in [4.78, 5) is 29.1. The summed E-state index contributed by atoms with van der Waals surface area (Å²) in [5, 5.41) is 5.59. The molecule has 142 valence electrons. The summed E-state index contributed by atoms with van der Waals surface area (Å²) in [6.45, 7) is 3.99. The first-order chi connectivity index (χ1) is 13.5. The molecule has 0 saturated carbocycles. The Morgan fingerprint density at radius 3 is 2.36 bits per heavy atom. The van der Waals surface area contributed by atoms with Gasteiger partial charge in [-0.05, 0) is 61.4 Å². The Labute approximate surface area is 163 Å². The number of nitrogens with zero attached hydrogens (tertiary/aromatic N) is 1. The maximum atomic E-state index is 12.5. The minimum Gasteiger partial charge on any atom is -0.497 e. The molecular formula is C22H21N3O3. The van der Waals surface area contributed by atoms with Crippen LogP contribution in [0, 0.1) is 13.8 Å². The summed E-state index contributed by atoms with van der Waals surface area (Å²) in [5.74, 6) is -0.0730. The number of amides is 2. The lowest BCUT2D eigenvalue weighted by molar-refractivity contribution is 0.102. The number of aryl methyl sites for hydroxylation is 2. The first-order valence-electron chi connectivity index (χ1n) is 8.76. The van der Waals surface area contributed by atoms with Crippen LogP contribution in [0.25, 0.3) is 0 Å². The molecule has 0 saturated heterocycles. The predicted octanol–water partition coefficient (Wildman–Crippen LogP) is 4.21. The lowest BCUT2D eigenvalue weighted by atomic mass is 10.1. The number of benzene rings is 2. The third-order valence-electron chi connectivity index (χ3n) is 4.35. The molecule has 2 aromatic carbocycles. The van der Waals surface area contributed by atoms with Crippen LogP contribution in [0.1, 0.15) is 32.0 Å². The average molecular weight is 375 g/mol. The van der Waals surface area contributed by atoms with E-state index < -0.39 is 0 Å². The molecule has 2 N–H and O–H groups in total. The molecule has 0 radical (unpaired) electrons. The summed E-state index contributed by atoms with van der Waals surface area (Å²) in [6, 6.07) is 15.7. The van der Waals surface area contributed by atoms with Gasteiger partial charge in [0.2, 0.25) is 0 Å². The largest absolute Gasteiger partial charge is 0.497 e. The van der Waals surface area contributed by atoms with Gasteiger partial charge in [-0.2, -0.15) is 0 Å². The van der Waals surface area contributed by atoms with Crippen molar-refractivity contribution in [1.82, 2.24) is 4.98 Å². The summed E-state index contributed by atoms with van der Waals surface area (Å²) in [6.07, 6.45) is 1.44. The van der Waals surface area contributed by atoms with Gasteiger partial charge in [0.1, 0.15) is 11.4 Å². The minimum atomic E-state index is -0.376. The Balaban J connectivity index is 1.74. The average Bonchev–Trinajstić information content (AvgIpc) is 2.71. The lowest BCUT2D eigenvalue weighted by Gasteiger charge is -2.09. The van der Waals surface area contributed by atoms with Crippen LogP contribution >= 0.6 is 0 Å². The molecule has 6 heteroatoms. The lowest BCUT2D eigenvalue weighted by Crippen LogP contribution is -2.17. The van der Waals surface area contributed by atoms with E-state index in [0.717, 1.165) is 11.1 Å². The van der Waals surface area contributed by atoms with Crippen LogP contribution in [0.5, 0.6) is 5.75 Å². The van der Waals surface area contributed by atoms with Gasteiger partial charge in [-0.15, -0.1) is 0 Å². The first kappa shape index (κ1) is 19.1. The topological polar surface area (TPSA) is 80.3 Å². The third-order valence-corrected chi connectivity index (χ3v) is 4.35. The number of ether oxygens (including phenoxy) is 1. The normalized spacial score (nSPS) is 10.2. The van der Waals surface area contributed by atoms with Crippen LogP contribution in [0.2, 0.25) is 0 Å². The predicted molar refractivity (Wildman–Crippen MR) is 109 cm³/mol. The SMILES string of the molecule is COc1cccc(NC(=O)c2ccnc(C(=O)Nc3ccc(C)c(C)c3)c2)c1. The van der Waals surface area contributed by atoms with Gasteiger partial charge >= 0.3 is 0 Å². The molecule has 3 aromatic rings. The molecule has 2 amide bonds. The molecule has 0 aliphatic carbocycles. The highest BCUT2D eigenvalue weighted by Gasteiger charge is 2.13. The van der Waals surface area contributed by atoms with Crippen molar-refractivity contribution in [3.05, 3.63) is 83.2 Å². The van der Waals surface area contributed by atoms with Gasteiger partial charge in [-0.25, -0.2) is 0 Å². The molecule has 6 nitrogen and oxygen atoms in total. The van der Waals surface area contributed by atoms with Crippen LogP contribution in [0.3, 0.4) is 0 Å². The van der Waals surface area contributed by atoms with E-state index in [4.69, 9.17) is 4.74 Å². The van der Waals surface area contributed by atoms with Crippen LogP contribution in [0.4, 0.5) is 11.4 Å². The number of aromatic nitrogens is 1. The quantitative estimate of drug-likeness (QED) is 0.700. The standard InChI is InChI=1S/C22H21N3O3/c1-14-7-8-18(11-15(14)2)25-22(27)20-12-16(9-10-23-20)21(26)24-17-5-4-6-19(13-17)28-3/h4-13H,1-3H3,(H,24,26)(H,25,27). The van der Waals surface area contributed by atoms with E-state index in [9.17, 15) is 9.59 Å². The summed E-state index contributed by atoms with van der Waals surface area (Å²) < 4.78 is 5.15. The minimum absolute atomic E-state index is 0.163. The molecule has 0 aliphatic rings. The highest BCUT2D eigenvalue weighted by atomic mass is 16.5. The van der Waals surface area contributed by atoms with E-state index in [0.29, 0.717) is 22.7 Å². The number of methoxy groups -OCH3 is 1. The number of carbonyl (C=O) groups is 2. The maximum absolute atomic E-state index is 12.5. The maximum Gasteiger partial charge on any atom is 0.274 e. The number of nitrogens with one attached hydrogen (secondary N) is 2. The van der Waals surface area contributed by atoms with E-state index in [1.807, 2.05) is 32.0 Å². The second-order valence-corrected chi connectivity index (χ2v) is 6.37. The number of carbonyl (C=O) groups excluding carboxylic acids is 2. The Morgan fingerprint density at radius 1 is 0.857 bits per heavy atom. The van der Waals surface area contributed by atoms with E-state index in [2.05, 4.69) is 15.6 Å². The summed E-state index contributed by atoms with van der Waals surface area (Å²) in [7, 11) is 1.56. The van der Waals surface area contributed by atoms with Gasteiger partial charge in [-0.1, -0.05) is 12.1 Å². The Morgan fingerprint density at radius 2 is 1.61 bits per heavy atom. The monoisotopic (exact) mass is 375 g/mol. The number of hydrogen-bond acceptors (Lipinski definition) is 4. The zero-order valence-corrected chi connectivity index (χ0v) is 15.9. The van der Waals surface area contributed by atoms with Crippen molar-refractivity contribution in [2.45, 2.75) is 13.8 Å². The molecule has 0 bridgehead atoms.